The predicted octanol–water partition coefficient (Wildman–Crippen LogP) is 4.88. The molecule has 38 heavy (non-hydrogen) atoms. The highest BCUT2D eigenvalue weighted by molar-refractivity contribution is 6.33. The fourth-order valence-corrected chi connectivity index (χ4v) is 6.77. The molecule has 0 saturated carbocycles. The van der Waals surface area contributed by atoms with Crippen LogP contribution in [0.1, 0.15) is 28.9 Å². The van der Waals surface area contributed by atoms with Crippen LogP contribution in [0, 0.1) is 11.2 Å². The van der Waals surface area contributed by atoms with Crippen LogP contribution in [-0.4, -0.2) is 72.6 Å². The van der Waals surface area contributed by atoms with Crippen LogP contribution < -0.4 is 9.80 Å². The lowest BCUT2D eigenvalue weighted by atomic mass is 9.86. The van der Waals surface area contributed by atoms with Crippen LogP contribution in [-0.2, 0) is 13.6 Å². The Bertz CT molecular complexity index is 1300. The van der Waals surface area contributed by atoms with Gasteiger partial charge >= 0.3 is 0 Å². The predicted molar refractivity (Wildman–Crippen MR) is 151 cm³/mol. The molecular weight excluding hydrogens is 501 g/mol. The third-order valence-electron chi connectivity index (χ3n) is 8.59. The molecule has 1 unspecified atom stereocenters. The number of halogens is 2. The quantitative estimate of drug-likeness (QED) is 0.466. The number of hydrogen-bond donors (Lipinski definition) is 0. The first kappa shape index (κ1) is 25.3. The summed E-state index contributed by atoms with van der Waals surface area (Å²) in [5, 5.41) is 0.831. The maximum atomic E-state index is 13.4. The van der Waals surface area contributed by atoms with Gasteiger partial charge in [-0.15, -0.1) is 0 Å². The van der Waals surface area contributed by atoms with Gasteiger partial charge in [-0.2, -0.15) is 0 Å². The molecule has 3 aromatic rings. The van der Waals surface area contributed by atoms with E-state index < -0.39 is 0 Å². The van der Waals surface area contributed by atoms with Gasteiger partial charge in [0.05, 0.1) is 10.7 Å². The number of amides is 1. The molecule has 3 aliphatic rings. The van der Waals surface area contributed by atoms with Crippen LogP contribution in [0.15, 0.2) is 60.8 Å². The zero-order valence-corrected chi connectivity index (χ0v) is 22.7. The first-order valence-electron chi connectivity index (χ1n) is 13.6. The average molecular weight is 536 g/mol. The van der Waals surface area contributed by atoms with Crippen molar-refractivity contribution in [1.29, 1.82) is 0 Å². The van der Waals surface area contributed by atoms with Gasteiger partial charge in [0.25, 0.3) is 5.91 Å². The van der Waals surface area contributed by atoms with E-state index in [2.05, 4.69) is 39.1 Å². The monoisotopic (exact) mass is 535 g/mol. The van der Waals surface area contributed by atoms with Gasteiger partial charge in [0.15, 0.2) is 0 Å². The van der Waals surface area contributed by atoms with Crippen LogP contribution in [0.3, 0.4) is 0 Å². The molecule has 6 nitrogen and oxygen atoms in total. The van der Waals surface area contributed by atoms with Gasteiger partial charge in [0.1, 0.15) is 11.5 Å². The number of hydrogen-bond acceptors (Lipinski definition) is 4. The van der Waals surface area contributed by atoms with E-state index in [1.807, 2.05) is 28.6 Å². The molecule has 200 valence electrons. The number of likely N-dealkylation sites (tertiary alicyclic amines) is 1. The van der Waals surface area contributed by atoms with Crippen LogP contribution in [0.5, 0.6) is 0 Å². The third kappa shape index (κ3) is 5.02. The summed E-state index contributed by atoms with van der Waals surface area (Å²) in [6.45, 7) is 7.95. The molecule has 1 amide bonds. The van der Waals surface area contributed by atoms with Gasteiger partial charge in [-0.1, -0.05) is 23.7 Å². The first-order valence-corrected chi connectivity index (χ1v) is 13.9. The maximum Gasteiger partial charge on any atom is 0.270 e. The van der Waals surface area contributed by atoms with Gasteiger partial charge in [-0.05, 0) is 67.4 Å². The van der Waals surface area contributed by atoms with Crippen LogP contribution in [0.2, 0.25) is 5.02 Å². The number of piperazine rings is 1. The number of anilines is 2. The normalized spacial score (nSPS) is 22.1. The van der Waals surface area contributed by atoms with E-state index in [1.165, 1.54) is 30.5 Å². The number of para-hydroxylation sites is 1. The molecule has 0 bridgehead atoms. The molecule has 3 fully saturated rings. The lowest BCUT2D eigenvalue weighted by molar-refractivity contribution is 0.0737. The molecule has 2 aromatic carbocycles. The summed E-state index contributed by atoms with van der Waals surface area (Å²) in [5.41, 5.74) is 4.40. The first-order chi connectivity index (χ1) is 18.4. The van der Waals surface area contributed by atoms with Gasteiger partial charge in [0.2, 0.25) is 0 Å². The molecule has 6 rings (SSSR count). The minimum Gasteiger partial charge on any atom is -0.370 e. The SMILES string of the molecule is Cn1cc(CN2CCC3(CCN(c4ccccc4Cl)C3)C2)cc1C(=O)N1CCN(c2ccc(F)cc2)CC1. The molecule has 4 heterocycles. The van der Waals surface area contributed by atoms with Crippen LogP contribution >= 0.6 is 11.6 Å². The summed E-state index contributed by atoms with van der Waals surface area (Å²) < 4.78 is 15.2. The van der Waals surface area contributed by atoms with E-state index in [-0.39, 0.29) is 11.7 Å². The van der Waals surface area contributed by atoms with E-state index in [1.54, 1.807) is 12.1 Å². The van der Waals surface area contributed by atoms with Gasteiger partial charge in [-0.25, -0.2) is 4.39 Å². The van der Waals surface area contributed by atoms with Gasteiger partial charge < -0.3 is 19.3 Å². The van der Waals surface area contributed by atoms with Crippen molar-refractivity contribution < 1.29 is 9.18 Å². The minimum atomic E-state index is -0.228. The molecule has 3 saturated heterocycles. The lowest BCUT2D eigenvalue weighted by Crippen LogP contribution is -2.49. The summed E-state index contributed by atoms with van der Waals surface area (Å²) in [4.78, 5) is 22.5. The molecule has 8 heteroatoms. The Hall–Kier alpha value is -3.03. The summed E-state index contributed by atoms with van der Waals surface area (Å²) in [7, 11) is 1.97. The van der Waals surface area contributed by atoms with Crippen molar-refractivity contribution in [2.75, 3.05) is 62.2 Å². The van der Waals surface area contributed by atoms with E-state index in [0.29, 0.717) is 18.5 Å². The Labute approximate surface area is 229 Å². The fraction of sp³-hybridized carbons (Fsp3) is 0.433. The van der Waals surface area contributed by atoms with Crippen molar-refractivity contribution in [2.24, 2.45) is 12.5 Å². The highest BCUT2D eigenvalue weighted by atomic mass is 35.5. The molecule has 3 aliphatic heterocycles. The largest absolute Gasteiger partial charge is 0.370 e. The second kappa shape index (κ2) is 10.3. The molecule has 1 spiro atoms. The zero-order chi connectivity index (χ0) is 26.3. The average Bonchev–Trinajstić information content (AvgIpc) is 3.63. The maximum absolute atomic E-state index is 13.4. The Morgan fingerprint density at radius 3 is 2.42 bits per heavy atom. The Kier molecular flexibility index (Phi) is 6.82. The lowest BCUT2D eigenvalue weighted by Gasteiger charge is -2.36. The molecule has 1 atom stereocenters. The van der Waals surface area contributed by atoms with Crippen molar-refractivity contribution in [3.05, 3.63) is 82.9 Å². The zero-order valence-electron chi connectivity index (χ0n) is 22.0. The molecule has 0 N–H and O–H groups in total. The molecule has 0 aliphatic carbocycles. The minimum absolute atomic E-state index is 0.0848. The fourth-order valence-electron chi connectivity index (χ4n) is 6.52. The van der Waals surface area contributed by atoms with Crippen molar-refractivity contribution in [3.63, 3.8) is 0 Å². The van der Waals surface area contributed by atoms with Crippen LogP contribution in [0.4, 0.5) is 15.8 Å². The topological polar surface area (TPSA) is 35.0 Å². The number of nitrogens with zero attached hydrogens (tertiary/aromatic N) is 5. The van der Waals surface area contributed by atoms with E-state index in [4.69, 9.17) is 11.6 Å². The Morgan fingerprint density at radius 2 is 1.66 bits per heavy atom. The number of carbonyl (C=O) groups excluding carboxylic acids is 1. The number of carbonyl (C=O) groups is 1. The number of rotatable bonds is 5. The van der Waals surface area contributed by atoms with Gasteiger partial charge in [-0.3, -0.25) is 9.69 Å². The smallest absolute Gasteiger partial charge is 0.270 e. The number of aromatic nitrogens is 1. The highest BCUT2D eigenvalue weighted by Gasteiger charge is 2.43. The molecular formula is C30H35ClFN5O. The second-order valence-electron chi connectivity index (χ2n) is 11.2. The third-order valence-corrected chi connectivity index (χ3v) is 8.91. The molecule has 1 aromatic heterocycles. The van der Waals surface area contributed by atoms with E-state index in [9.17, 15) is 9.18 Å². The highest BCUT2D eigenvalue weighted by Crippen LogP contribution is 2.42. The van der Waals surface area contributed by atoms with Crippen molar-refractivity contribution in [1.82, 2.24) is 14.4 Å². The summed E-state index contributed by atoms with van der Waals surface area (Å²) >= 11 is 6.47. The number of benzene rings is 2. The van der Waals surface area contributed by atoms with Crippen molar-refractivity contribution in [2.45, 2.75) is 19.4 Å². The Morgan fingerprint density at radius 1 is 0.921 bits per heavy atom. The Balaban J connectivity index is 1.05. The summed E-state index contributed by atoms with van der Waals surface area (Å²) in [5.74, 6) is -0.143. The van der Waals surface area contributed by atoms with E-state index in [0.717, 1.165) is 67.9 Å². The molecule has 0 radical (unpaired) electrons. The van der Waals surface area contributed by atoms with Crippen LogP contribution in [0.25, 0.3) is 0 Å². The second-order valence-corrected chi connectivity index (χ2v) is 11.6. The summed E-state index contributed by atoms with van der Waals surface area (Å²) in [6, 6.07) is 16.8. The summed E-state index contributed by atoms with van der Waals surface area (Å²) in [6.07, 6.45) is 4.50. The van der Waals surface area contributed by atoms with E-state index >= 15 is 0 Å². The van der Waals surface area contributed by atoms with Crippen molar-refractivity contribution in [3.8, 4) is 0 Å². The van der Waals surface area contributed by atoms with Gasteiger partial charge in [0, 0.05) is 76.7 Å². The number of aryl methyl sites for hydroxylation is 1. The standard InChI is InChI=1S/C30H35ClFN5O/c1-33-19-23(18-28(33)29(38)36-16-14-35(15-17-36)25-8-6-24(32)7-9-25)20-34-12-10-30(21-34)11-13-37(22-30)27-5-3-2-4-26(27)31/h2-9,18-19H,10-17,20-22H2,1H3. The van der Waals surface area contributed by atoms with Crippen molar-refractivity contribution >= 4 is 28.9 Å².